The van der Waals surface area contributed by atoms with Gasteiger partial charge in [-0.25, -0.2) is 0 Å². The molecule has 3 aromatic rings. The van der Waals surface area contributed by atoms with E-state index < -0.39 is 0 Å². The van der Waals surface area contributed by atoms with E-state index in [0.29, 0.717) is 42.7 Å². The molecule has 0 aliphatic carbocycles. The number of carbonyl (C=O) groups excluding carboxylic acids is 1. The van der Waals surface area contributed by atoms with Crippen molar-refractivity contribution in [2.45, 2.75) is 40.2 Å². The Balaban J connectivity index is 1.77. The zero-order valence-electron chi connectivity index (χ0n) is 19.2. The van der Waals surface area contributed by atoms with Crippen molar-refractivity contribution in [2.75, 3.05) is 18.5 Å². The Bertz CT molecular complexity index is 1030. The summed E-state index contributed by atoms with van der Waals surface area (Å²) in [5.41, 5.74) is 3.22. The second-order valence-electron chi connectivity index (χ2n) is 7.65. The highest BCUT2D eigenvalue weighted by Gasteiger charge is 2.13. The topological polar surface area (TPSA) is 56.8 Å². The van der Waals surface area contributed by atoms with Gasteiger partial charge < -0.3 is 19.5 Å². The summed E-state index contributed by atoms with van der Waals surface area (Å²) in [7, 11) is 0. The maximum absolute atomic E-state index is 12.8. The van der Waals surface area contributed by atoms with Crippen molar-refractivity contribution in [3.05, 3.63) is 83.4 Å². The van der Waals surface area contributed by atoms with E-state index in [1.54, 1.807) is 6.07 Å². The van der Waals surface area contributed by atoms with Gasteiger partial charge in [0.1, 0.15) is 23.9 Å². The van der Waals surface area contributed by atoms with Crippen LogP contribution in [0.1, 0.15) is 55.1 Å². The first-order valence-corrected chi connectivity index (χ1v) is 11.0. The fourth-order valence-corrected chi connectivity index (χ4v) is 3.38. The molecule has 0 atom stereocenters. The standard InChI is InChI=1S/C27H31NO4/c1-5-30-23-14-12-22(13-15-23)28-27(29)20-11-16-25(31-6-2)21(17-20)18-32-26-10-8-7-9-24(26)19(3)4/h7-17,19H,5-6,18H2,1-4H3,(H,28,29). The van der Waals surface area contributed by atoms with E-state index in [9.17, 15) is 4.79 Å². The van der Waals surface area contributed by atoms with Crippen molar-refractivity contribution in [3.63, 3.8) is 0 Å². The molecule has 0 heterocycles. The highest BCUT2D eigenvalue weighted by Crippen LogP contribution is 2.29. The number of anilines is 1. The lowest BCUT2D eigenvalue weighted by atomic mass is 10.0. The van der Waals surface area contributed by atoms with E-state index in [1.807, 2.05) is 68.4 Å². The van der Waals surface area contributed by atoms with Crippen molar-refractivity contribution in [2.24, 2.45) is 0 Å². The Morgan fingerprint density at radius 2 is 1.56 bits per heavy atom. The molecule has 0 saturated heterocycles. The van der Waals surface area contributed by atoms with Crippen LogP contribution in [0.4, 0.5) is 5.69 Å². The predicted octanol–water partition coefficient (Wildman–Crippen LogP) is 6.44. The molecule has 3 aromatic carbocycles. The van der Waals surface area contributed by atoms with Crippen LogP contribution in [0, 0.1) is 0 Å². The molecule has 0 fully saturated rings. The van der Waals surface area contributed by atoms with E-state index in [-0.39, 0.29) is 5.91 Å². The summed E-state index contributed by atoms with van der Waals surface area (Å²) in [6.07, 6.45) is 0. The zero-order chi connectivity index (χ0) is 22.9. The summed E-state index contributed by atoms with van der Waals surface area (Å²) in [6, 6.07) is 20.8. The minimum Gasteiger partial charge on any atom is -0.494 e. The third kappa shape index (κ3) is 6.03. The predicted molar refractivity (Wildman–Crippen MR) is 128 cm³/mol. The van der Waals surface area contributed by atoms with Gasteiger partial charge in [-0.3, -0.25) is 4.79 Å². The number of benzene rings is 3. The number of amides is 1. The lowest BCUT2D eigenvalue weighted by Crippen LogP contribution is -2.13. The Hall–Kier alpha value is -3.47. The molecule has 0 spiro atoms. The molecule has 168 valence electrons. The van der Waals surface area contributed by atoms with Gasteiger partial charge in [-0.05, 0) is 73.9 Å². The Kier molecular flexibility index (Phi) is 8.14. The van der Waals surface area contributed by atoms with Crippen molar-refractivity contribution in [1.82, 2.24) is 0 Å². The molecule has 0 saturated carbocycles. The SMILES string of the molecule is CCOc1ccc(NC(=O)c2ccc(OCC)c(COc3ccccc3C(C)C)c2)cc1. The molecule has 0 bridgehead atoms. The number of hydrogen-bond acceptors (Lipinski definition) is 4. The van der Waals surface area contributed by atoms with Crippen molar-refractivity contribution < 1.29 is 19.0 Å². The normalized spacial score (nSPS) is 10.7. The lowest BCUT2D eigenvalue weighted by Gasteiger charge is -2.16. The first kappa shape index (κ1) is 23.2. The van der Waals surface area contributed by atoms with Gasteiger partial charge in [-0.1, -0.05) is 32.0 Å². The minimum atomic E-state index is -0.193. The molecular weight excluding hydrogens is 402 g/mol. The molecule has 0 radical (unpaired) electrons. The first-order chi connectivity index (χ1) is 15.5. The molecule has 0 aromatic heterocycles. The highest BCUT2D eigenvalue weighted by atomic mass is 16.5. The number of ether oxygens (including phenoxy) is 3. The molecule has 1 amide bonds. The maximum atomic E-state index is 12.8. The zero-order valence-corrected chi connectivity index (χ0v) is 19.2. The first-order valence-electron chi connectivity index (χ1n) is 11.0. The molecule has 0 aliphatic rings. The largest absolute Gasteiger partial charge is 0.494 e. The number of rotatable bonds is 10. The average molecular weight is 434 g/mol. The van der Waals surface area contributed by atoms with Crippen LogP contribution >= 0.6 is 0 Å². The molecule has 3 rings (SSSR count). The van der Waals surface area contributed by atoms with Crippen LogP contribution in [0.2, 0.25) is 0 Å². The number of para-hydroxylation sites is 1. The molecule has 0 unspecified atom stereocenters. The van der Waals surface area contributed by atoms with Gasteiger partial charge in [-0.15, -0.1) is 0 Å². The summed E-state index contributed by atoms with van der Waals surface area (Å²) in [5, 5.41) is 2.93. The van der Waals surface area contributed by atoms with Crippen LogP contribution in [0.15, 0.2) is 66.7 Å². The summed E-state index contributed by atoms with van der Waals surface area (Å²) in [4.78, 5) is 12.8. The Morgan fingerprint density at radius 3 is 2.25 bits per heavy atom. The van der Waals surface area contributed by atoms with Crippen molar-refractivity contribution in [1.29, 1.82) is 0 Å². The van der Waals surface area contributed by atoms with Crippen LogP contribution < -0.4 is 19.5 Å². The third-order valence-electron chi connectivity index (χ3n) is 4.97. The van der Waals surface area contributed by atoms with E-state index in [4.69, 9.17) is 14.2 Å². The van der Waals surface area contributed by atoms with E-state index >= 15 is 0 Å². The van der Waals surface area contributed by atoms with Gasteiger partial charge in [0.05, 0.1) is 13.2 Å². The summed E-state index contributed by atoms with van der Waals surface area (Å²) >= 11 is 0. The van der Waals surface area contributed by atoms with Crippen LogP contribution in [0.5, 0.6) is 17.2 Å². The third-order valence-corrected chi connectivity index (χ3v) is 4.97. The monoisotopic (exact) mass is 433 g/mol. The van der Waals surface area contributed by atoms with E-state index in [2.05, 4.69) is 25.2 Å². The highest BCUT2D eigenvalue weighted by molar-refractivity contribution is 6.04. The number of nitrogens with one attached hydrogen (secondary N) is 1. The number of hydrogen-bond donors (Lipinski definition) is 1. The smallest absolute Gasteiger partial charge is 0.255 e. The van der Waals surface area contributed by atoms with Gasteiger partial charge in [0.15, 0.2) is 0 Å². The van der Waals surface area contributed by atoms with Crippen LogP contribution in [0.25, 0.3) is 0 Å². The average Bonchev–Trinajstić information content (AvgIpc) is 2.80. The summed E-state index contributed by atoms with van der Waals surface area (Å²) in [6.45, 7) is 9.59. The fourth-order valence-electron chi connectivity index (χ4n) is 3.38. The van der Waals surface area contributed by atoms with Gasteiger partial charge in [0.25, 0.3) is 5.91 Å². The van der Waals surface area contributed by atoms with Crippen molar-refractivity contribution in [3.8, 4) is 17.2 Å². The fraction of sp³-hybridized carbons (Fsp3) is 0.296. The van der Waals surface area contributed by atoms with Crippen LogP contribution in [0.3, 0.4) is 0 Å². The van der Waals surface area contributed by atoms with Crippen molar-refractivity contribution >= 4 is 11.6 Å². The molecule has 5 nitrogen and oxygen atoms in total. The maximum Gasteiger partial charge on any atom is 0.255 e. The van der Waals surface area contributed by atoms with Crippen LogP contribution in [-0.2, 0) is 6.61 Å². The summed E-state index contributed by atoms with van der Waals surface area (Å²) < 4.78 is 17.3. The second kappa shape index (κ2) is 11.2. The van der Waals surface area contributed by atoms with E-state index in [1.165, 1.54) is 0 Å². The van der Waals surface area contributed by atoms with Gasteiger partial charge in [-0.2, -0.15) is 0 Å². The molecule has 5 heteroatoms. The Morgan fingerprint density at radius 1 is 0.844 bits per heavy atom. The van der Waals surface area contributed by atoms with E-state index in [0.717, 1.165) is 22.6 Å². The molecular formula is C27H31NO4. The lowest BCUT2D eigenvalue weighted by molar-refractivity contribution is 0.102. The molecule has 32 heavy (non-hydrogen) atoms. The van der Waals surface area contributed by atoms with Gasteiger partial charge in [0, 0.05) is 16.8 Å². The molecule has 1 N–H and O–H groups in total. The van der Waals surface area contributed by atoms with Crippen LogP contribution in [-0.4, -0.2) is 19.1 Å². The van der Waals surface area contributed by atoms with Gasteiger partial charge >= 0.3 is 0 Å². The number of carbonyl (C=O) groups is 1. The second-order valence-corrected chi connectivity index (χ2v) is 7.65. The summed E-state index contributed by atoms with van der Waals surface area (Å²) in [5.74, 6) is 2.49. The Labute approximate surface area is 190 Å². The molecule has 0 aliphatic heterocycles. The van der Waals surface area contributed by atoms with Gasteiger partial charge in [0.2, 0.25) is 0 Å². The minimum absolute atomic E-state index is 0.193. The quantitative estimate of drug-likeness (QED) is 0.400.